The Morgan fingerprint density at radius 2 is 1.65 bits per heavy atom. The van der Waals surface area contributed by atoms with Gasteiger partial charge in [0.2, 0.25) is 5.75 Å². The number of aliphatic hydroxyl groups excluding tert-OH is 1. The normalized spacial score (nSPS) is 33.4. The van der Waals surface area contributed by atoms with Crippen LogP contribution in [0.1, 0.15) is 93.1 Å². The number of aliphatic hydroxyl groups is 3. The number of ether oxygens (including phenoxy) is 4. The zero-order chi connectivity index (χ0) is 40.8. The van der Waals surface area contributed by atoms with Gasteiger partial charge in [0, 0.05) is 35.1 Å². The van der Waals surface area contributed by atoms with Gasteiger partial charge in [0.15, 0.2) is 11.5 Å². The molecule has 4 saturated carbocycles. The highest BCUT2D eigenvalue weighted by Crippen LogP contribution is 2.70. The minimum Gasteiger partial charge on any atom is -0.493 e. The van der Waals surface area contributed by atoms with Gasteiger partial charge in [0.1, 0.15) is 12.3 Å². The largest absolute Gasteiger partial charge is 0.493 e. The molecule has 0 spiro atoms. The number of esters is 1. The van der Waals surface area contributed by atoms with E-state index in [0.29, 0.717) is 56.3 Å². The van der Waals surface area contributed by atoms with Gasteiger partial charge >= 0.3 is 5.97 Å². The first-order chi connectivity index (χ1) is 27.2. The Morgan fingerprint density at radius 3 is 2.28 bits per heavy atom. The molecule has 1 aliphatic heterocycles. The van der Waals surface area contributed by atoms with E-state index in [0.717, 1.165) is 24.0 Å². The lowest BCUT2D eigenvalue weighted by atomic mass is 9.41. The molecule has 0 saturated heterocycles. The predicted molar refractivity (Wildman–Crippen MR) is 212 cm³/mol. The number of hydrogen-bond acceptors (Lipinski definition) is 11. The molecular formula is C44H55N3O10. The van der Waals surface area contributed by atoms with Crippen molar-refractivity contribution in [2.24, 2.45) is 33.7 Å². The fraction of sp³-hybridized carbons (Fsp3) is 0.545. The molecule has 4 aliphatic carbocycles. The van der Waals surface area contributed by atoms with Crippen molar-refractivity contribution in [3.05, 3.63) is 70.4 Å². The summed E-state index contributed by atoms with van der Waals surface area (Å²) in [6.07, 6.45) is 9.50. The van der Waals surface area contributed by atoms with E-state index in [4.69, 9.17) is 18.9 Å². The highest BCUT2D eigenvalue weighted by molar-refractivity contribution is 6.05. The minimum atomic E-state index is -1.32. The third-order valence-electron chi connectivity index (χ3n) is 14.2. The maximum Gasteiger partial charge on any atom is 0.331 e. The zero-order valence-corrected chi connectivity index (χ0v) is 33.4. The number of nitrogens with zero attached hydrogens (tertiary/aromatic N) is 1. The number of amides is 2. The van der Waals surface area contributed by atoms with Gasteiger partial charge in [-0.05, 0) is 110 Å². The number of cyclic esters (lactones) is 1. The van der Waals surface area contributed by atoms with Gasteiger partial charge in [0.25, 0.3) is 11.8 Å². The van der Waals surface area contributed by atoms with Crippen LogP contribution in [0, 0.1) is 28.6 Å². The average molecular weight is 786 g/mol. The Morgan fingerprint density at radius 1 is 0.947 bits per heavy atom. The summed E-state index contributed by atoms with van der Waals surface area (Å²) in [5.41, 5.74) is 1.62. The van der Waals surface area contributed by atoms with Crippen molar-refractivity contribution in [2.45, 2.75) is 95.4 Å². The minimum absolute atomic E-state index is 0.00600. The molecule has 13 heteroatoms. The average Bonchev–Trinajstić information content (AvgIpc) is 3.75. The lowest BCUT2D eigenvalue weighted by Crippen LogP contribution is -2.68. The second-order valence-corrected chi connectivity index (χ2v) is 16.7. The number of carbonyl (C=O) groups is 3. The Balaban J connectivity index is 1.19. The van der Waals surface area contributed by atoms with Crippen LogP contribution in [0.25, 0.3) is 6.08 Å². The molecule has 7 rings (SSSR count). The van der Waals surface area contributed by atoms with Gasteiger partial charge in [-0.1, -0.05) is 38.1 Å². The Bertz CT molecular complexity index is 1970. The van der Waals surface area contributed by atoms with E-state index < -0.39 is 40.0 Å². The van der Waals surface area contributed by atoms with Crippen molar-refractivity contribution >= 4 is 30.1 Å². The summed E-state index contributed by atoms with van der Waals surface area (Å²) in [5.74, 6) is -1.15. The van der Waals surface area contributed by atoms with E-state index in [1.807, 2.05) is 31.2 Å². The maximum atomic E-state index is 14.1. The molecule has 2 aromatic rings. The Labute approximate surface area is 333 Å². The topological polar surface area (TPSA) is 185 Å². The number of hydrogen-bond donors (Lipinski definition) is 5. The van der Waals surface area contributed by atoms with Gasteiger partial charge in [-0.15, -0.1) is 0 Å². The quantitative estimate of drug-likeness (QED) is 0.0913. The van der Waals surface area contributed by atoms with Crippen LogP contribution in [0.4, 0.5) is 0 Å². The van der Waals surface area contributed by atoms with Gasteiger partial charge in [0.05, 0.1) is 38.6 Å². The first-order valence-electron chi connectivity index (χ1n) is 20.0. The van der Waals surface area contributed by atoms with Crippen LogP contribution in [0.5, 0.6) is 17.2 Å². The number of nitrogens with one attached hydrogen (secondary N) is 2. The number of hydrazone groups is 1. The standard InChI is InChI=1S/C44H55N3O10/c1-6-26-7-9-27(10-8-26)19-34(46-39(50)28-20-35(54-3)38(56-5)36(21-28)55-4)40(51)47-45-25-42-16-11-30(48)23-43(42,52)17-13-33-32(42)12-15-41(2)31(14-18-44(33,41)53)29-22-37(49)57-24-29/h7-10,19-22,25,30-33,48,52-53H,6,11-18,23-24H2,1-5H3,(H,46,50)(H,47,51)/b34-19+,45-25+/t30-,31?,32+,33-,41?,42?,43?,44?/m1/s1. The molecule has 2 aromatic carbocycles. The maximum absolute atomic E-state index is 14.1. The first kappa shape index (κ1) is 40.5. The van der Waals surface area contributed by atoms with Crippen LogP contribution in [-0.4, -0.2) is 84.6 Å². The molecule has 0 bridgehead atoms. The molecule has 0 aromatic heterocycles. The van der Waals surface area contributed by atoms with Crippen molar-refractivity contribution < 1.29 is 48.7 Å². The molecule has 57 heavy (non-hydrogen) atoms. The van der Waals surface area contributed by atoms with E-state index in [-0.39, 0.29) is 59.5 Å². The van der Waals surface area contributed by atoms with E-state index >= 15 is 0 Å². The molecule has 4 fully saturated rings. The molecule has 2 amide bonds. The molecular weight excluding hydrogens is 730 g/mol. The third kappa shape index (κ3) is 6.91. The van der Waals surface area contributed by atoms with Crippen LogP contribution < -0.4 is 25.0 Å². The summed E-state index contributed by atoms with van der Waals surface area (Å²) < 4.78 is 21.6. The SMILES string of the molecule is CCc1ccc(/C=C(/NC(=O)c2cc(OC)c(OC)c(OC)c2)C(=O)N/N=C/C23CC[C@@H](O)CC2(O)CC[C@@H]2[C@@H]3CCC3(C)C(C4=CC(=O)OC4)CCC23O)cc1. The smallest absolute Gasteiger partial charge is 0.331 e. The number of benzene rings is 2. The van der Waals surface area contributed by atoms with Gasteiger partial charge < -0.3 is 39.6 Å². The molecule has 306 valence electrons. The monoisotopic (exact) mass is 785 g/mol. The van der Waals surface area contributed by atoms with Crippen molar-refractivity contribution in [3.63, 3.8) is 0 Å². The van der Waals surface area contributed by atoms with Gasteiger partial charge in [-0.2, -0.15) is 5.10 Å². The van der Waals surface area contributed by atoms with Gasteiger partial charge in [-0.3, -0.25) is 9.59 Å². The van der Waals surface area contributed by atoms with Crippen molar-refractivity contribution in [2.75, 3.05) is 27.9 Å². The summed E-state index contributed by atoms with van der Waals surface area (Å²) >= 11 is 0. The fourth-order valence-electron chi connectivity index (χ4n) is 11.2. The van der Waals surface area contributed by atoms with Crippen LogP contribution >= 0.6 is 0 Å². The highest BCUT2D eigenvalue weighted by atomic mass is 16.5. The summed E-state index contributed by atoms with van der Waals surface area (Å²) in [4.78, 5) is 39.9. The Kier molecular flexibility index (Phi) is 11.0. The van der Waals surface area contributed by atoms with Crippen LogP contribution in [0.15, 0.2) is 58.8 Å². The van der Waals surface area contributed by atoms with E-state index in [2.05, 4.69) is 22.8 Å². The van der Waals surface area contributed by atoms with Crippen molar-refractivity contribution in [1.82, 2.24) is 10.7 Å². The summed E-state index contributed by atoms with van der Waals surface area (Å²) in [7, 11) is 4.36. The second kappa shape index (κ2) is 15.6. The molecule has 5 unspecified atom stereocenters. The molecule has 0 radical (unpaired) electrons. The number of fused-ring (bicyclic) bond motifs is 5. The number of aryl methyl sites for hydroxylation is 1. The molecule has 8 atom stereocenters. The summed E-state index contributed by atoms with van der Waals surface area (Å²) in [5, 5.41) is 43.4. The summed E-state index contributed by atoms with van der Waals surface area (Å²) in [6, 6.07) is 10.6. The molecule has 1 heterocycles. The number of carbonyl (C=O) groups excluding carboxylic acids is 3. The van der Waals surface area contributed by atoms with Crippen LogP contribution in [-0.2, 0) is 20.7 Å². The van der Waals surface area contributed by atoms with Crippen molar-refractivity contribution in [1.29, 1.82) is 0 Å². The van der Waals surface area contributed by atoms with E-state index in [9.17, 15) is 29.7 Å². The lowest BCUT2D eigenvalue weighted by molar-refractivity contribution is -0.237. The molecule has 5 aliphatic rings. The number of rotatable bonds is 11. The third-order valence-corrected chi connectivity index (χ3v) is 14.2. The summed E-state index contributed by atoms with van der Waals surface area (Å²) in [6.45, 7) is 4.43. The fourth-order valence-corrected chi connectivity index (χ4v) is 11.2. The highest BCUT2D eigenvalue weighted by Gasteiger charge is 2.71. The predicted octanol–water partition coefficient (Wildman–Crippen LogP) is 4.86. The Hall–Kier alpha value is -4.72. The van der Waals surface area contributed by atoms with E-state index in [1.54, 1.807) is 18.4 Å². The van der Waals surface area contributed by atoms with Gasteiger partial charge in [-0.25, -0.2) is 10.2 Å². The molecule has 13 nitrogen and oxygen atoms in total. The van der Waals surface area contributed by atoms with Crippen molar-refractivity contribution in [3.8, 4) is 17.2 Å². The van der Waals surface area contributed by atoms with E-state index in [1.165, 1.54) is 33.5 Å². The zero-order valence-electron chi connectivity index (χ0n) is 33.4. The van der Waals surface area contributed by atoms with Crippen LogP contribution in [0.2, 0.25) is 0 Å². The molecule has 5 N–H and O–H groups in total. The van der Waals surface area contributed by atoms with Crippen LogP contribution in [0.3, 0.4) is 0 Å². The lowest BCUT2D eigenvalue weighted by Gasteiger charge is -2.65. The second-order valence-electron chi connectivity index (χ2n) is 16.7. The first-order valence-corrected chi connectivity index (χ1v) is 20.0. The number of methoxy groups -OCH3 is 3.